The second-order valence-electron chi connectivity index (χ2n) is 3.58. The molecule has 0 spiro atoms. The fraction of sp³-hybridized carbons (Fsp3) is 0.0769. The third kappa shape index (κ3) is 1.21. The summed E-state index contributed by atoms with van der Waals surface area (Å²) in [6, 6.07) is 5.38. The first-order valence-electron chi connectivity index (χ1n) is 4.83. The van der Waals surface area contributed by atoms with Crippen LogP contribution in [0.15, 0.2) is 24.3 Å². The molecule has 0 saturated heterocycles. The van der Waals surface area contributed by atoms with E-state index in [9.17, 15) is 5.11 Å². The number of phenols is 1. The van der Waals surface area contributed by atoms with Crippen molar-refractivity contribution in [2.75, 3.05) is 0 Å². The van der Waals surface area contributed by atoms with Gasteiger partial charge in [0.25, 0.3) is 0 Å². The Morgan fingerprint density at radius 3 is 3.20 bits per heavy atom. The summed E-state index contributed by atoms with van der Waals surface area (Å²) in [7, 11) is 0. The van der Waals surface area contributed by atoms with Crippen molar-refractivity contribution in [1.82, 2.24) is 4.98 Å². The molecule has 3 rings (SSSR count). The summed E-state index contributed by atoms with van der Waals surface area (Å²) in [6.07, 6.45) is 4.58. The lowest BCUT2D eigenvalue weighted by Crippen LogP contribution is -1.81. The molecule has 1 aromatic carbocycles. The summed E-state index contributed by atoms with van der Waals surface area (Å²) in [4.78, 5) is 3.27. The summed E-state index contributed by atoms with van der Waals surface area (Å²) >= 11 is 0. The lowest BCUT2D eigenvalue weighted by atomic mass is 10.1. The van der Waals surface area contributed by atoms with Crippen molar-refractivity contribution in [1.29, 1.82) is 0 Å². The zero-order valence-corrected chi connectivity index (χ0v) is 8.04. The summed E-state index contributed by atoms with van der Waals surface area (Å²) in [6.45, 7) is 0. The van der Waals surface area contributed by atoms with Gasteiger partial charge in [-0.1, -0.05) is 11.8 Å². The Bertz CT molecular complexity index is 623. The first-order chi connectivity index (χ1) is 7.34. The molecule has 0 saturated carbocycles. The highest BCUT2D eigenvalue weighted by molar-refractivity contribution is 5.89. The number of hydrogen-bond donors (Lipinski definition) is 2. The molecule has 1 aliphatic rings. The third-order valence-corrected chi connectivity index (χ3v) is 2.62. The minimum Gasteiger partial charge on any atom is -0.508 e. The standard InChI is InChI=1S/C13H9NO/c15-9-6-7-11-10-4-2-1-3-5-12(10)14-13(11)8-9/h3,5-8,14-15H,4H2. The predicted octanol–water partition coefficient (Wildman–Crippen LogP) is 2.45. The molecule has 0 unspecified atom stereocenters. The van der Waals surface area contributed by atoms with Gasteiger partial charge in [0, 0.05) is 29.1 Å². The van der Waals surface area contributed by atoms with Crippen LogP contribution in [-0.2, 0) is 6.42 Å². The zero-order chi connectivity index (χ0) is 10.3. The van der Waals surface area contributed by atoms with Gasteiger partial charge in [-0.3, -0.25) is 0 Å². The van der Waals surface area contributed by atoms with Crippen LogP contribution in [0, 0.1) is 11.8 Å². The minimum absolute atomic E-state index is 0.286. The van der Waals surface area contributed by atoms with E-state index in [4.69, 9.17) is 0 Å². The number of hydrogen-bond acceptors (Lipinski definition) is 1. The van der Waals surface area contributed by atoms with Crippen molar-refractivity contribution in [2.45, 2.75) is 6.42 Å². The summed E-state index contributed by atoms with van der Waals surface area (Å²) < 4.78 is 0. The second-order valence-corrected chi connectivity index (χ2v) is 3.58. The Labute approximate surface area is 87.2 Å². The molecule has 0 atom stereocenters. The van der Waals surface area contributed by atoms with Gasteiger partial charge in [-0.25, -0.2) is 0 Å². The molecular weight excluding hydrogens is 186 g/mol. The number of rotatable bonds is 0. The van der Waals surface area contributed by atoms with Crippen molar-refractivity contribution in [3.05, 3.63) is 35.5 Å². The second kappa shape index (κ2) is 2.93. The van der Waals surface area contributed by atoms with E-state index in [0.29, 0.717) is 0 Å². The molecule has 0 radical (unpaired) electrons. The van der Waals surface area contributed by atoms with E-state index in [2.05, 4.69) is 16.8 Å². The summed E-state index contributed by atoms with van der Waals surface area (Å²) in [5.41, 5.74) is 3.26. The number of benzene rings is 1. The maximum atomic E-state index is 9.38. The van der Waals surface area contributed by atoms with Crippen molar-refractivity contribution >= 4 is 17.0 Å². The quantitative estimate of drug-likeness (QED) is 0.622. The number of aromatic amines is 1. The topological polar surface area (TPSA) is 36.0 Å². The van der Waals surface area contributed by atoms with Crippen LogP contribution in [0.3, 0.4) is 0 Å². The zero-order valence-electron chi connectivity index (χ0n) is 8.04. The molecule has 0 fully saturated rings. The van der Waals surface area contributed by atoms with Crippen molar-refractivity contribution < 1.29 is 5.11 Å². The summed E-state index contributed by atoms with van der Waals surface area (Å²) in [5, 5.41) is 10.5. The monoisotopic (exact) mass is 195 g/mol. The number of fused-ring (bicyclic) bond motifs is 3. The number of aromatic hydroxyl groups is 1. The summed E-state index contributed by atoms with van der Waals surface area (Å²) in [5.74, 6) is 6.32. The first kappa shape index (κ1) is 8.19. The van der Waals surface area contributed by atoms with Crippen LogP contribution in [0.1, 0.15) is 11.3 Å². The number of nitrogens with one attached hydrogen (secondary N) is 1. The van der Waals surface area contributed by atoms with E-state index in [1.807, 2.05) is 18.2 Å². The highest BCUT2D eigenvalue weighted by Gasteiger charge is 2.09. The average molecular weight is 195 g/mol. The fourth-order valence-corrected chi connectivity index (χ4v) is 1.92. The smallest absolute Gasteiger partial charge is 0.117 e. The van der Waals surface area contributed by atoms with Crippen LogP contribution in [-0.4, -0.2) is 10.1 Å². The van der Waals surface area contributed by atoms with E-state index in [1.165, 1.54) is 5.56 Å². The van der Waals surface area contributed by atoms with Gasteiger partial charge in [0.2, 0.25) is 0 Å². The van der Waals surface area contributed by atoms with Crippen LogP contribution in [0.2, 0.25) is 0 Å². The molecule has 0 aliphatic heterocycles. The maximum absolute atomic E-state index is 9.38. The Balaban J connectivity index is 2.35. The maximum Gasteiger partial charge on any atom is 0.117 e. The molecule has 72 valence electrons. The van der Waals surface area contributed by atoms with Crippen LogP contribution >= 0.6 is 0 Å². The van der Waals surface area contributed by atoms with E-state index < -0.39 is 0 Å². The van der Waals surface area contributed by atoms with Gasteiger partial charge in [0.1, 0.15) is 5.75 Å². The molecule has 15 heavy (non-hydrogen) atoms. The Morgan fingerprint density at radius 1 is 1.33 bits per heavy atom. The van der Waals surface area contributed by atoms with Crippen LogP contribution in [0.5, 0.6) is 5.75 Å². The molecule has 2 heteroatoms. The molecule has 2 nitrogen and oxygen atoms in total. The predicted molar refractivity (Wildman–Crippen MR) is 60.5 cm³/mol. The molecule has 0 bridgehead atoms. The van der Waals surface area contributed by atoms with Gasteiger partial charge < -0.3 is 10.1 Å². The van der Waals surface area contributed by atoms with Crippen molar-refractivity contribution in [2.24, 2.45) is 0 Å². The molecule has 1 aliphatic carbocycles. The number of phenolic OH excluding ortho intramolecular Hbond substituents is 1. The Hall–Kier alpha value is -2.14. The van der Waals surface area contributed by atoms with E-state index in [-0.39, 0.29) is 5.75 Å². The van der Waals surface area contributed by atoms with Gasteiger partial charge in [0.05, 0.1) is 0 Å². The molecule has 2 aromatic rings. The Kier molecular flexibility index (Phi) is 1.60. The van der Waals surface area contributed by atoms with E-state index >= 15 is 0 Å². The van der Waals surface area contributed by atoms with E-state index in [1.54, 1.807) is 12.1 Å². The number of allylic oxidation sites excluding steroid dienone is 1. The molecule has 1 heterocycles. The molecular formula is C13H9NO. The van der Waals surface area contributed by atoms with Gasteiger partial charge >= 0.3 is 0 Å². The normalized spacial score (nSPS) is 13.1. The van der Waals surface area contributed by atoms with Crippen LogP contribution in [0.4, 0.5) is 0 Å². The number of H-pyrrole nitrogens is 1. The fourth-order valence-electron chi connectivity index (χ4n) is 1.92. The minimum atomic E-state index is 0.286. The lowest BCUT2D eigenvalue weighted by Gasteiger charge is -1.94. The van der Waals surface area contributed by atoms with Crippen LogP contribution in [0.25, 0.3) is 17.0 Å². The van der Waals surface area contributed by atoms with Gasteiger partial charge in [-0.05, 0) is 29.8 Å². The van der Waals surface area contributed by atoms with Crippen molar-refractivity contribution in [3.63, 3.8) is 0 Å². The van der Waals surface area contributed by atoms with Crippen molar-refractivity contribution in [3.8, 4) is 17.6 Å². The van der Waals surface area contributed by atoms with Gasteiger partial charge in [0.15, 0.2) is 0 Å². The molecule has 1 aromatic heterocycles. The average Bonchev–Trinajstić information content (AvgIpc) is 2.42. The third-order valence-electron chi connectivity index (χ3n) is 2.62. The lowest BCUT2D eigenvalue weighted by molar-refractivity contribution is 0.476. The van der Waals surface area contributed by atoms with Gasteiger partial charge in [-0.2, -0.15) is 0 Å². The number of aromatic nitrogens is 1. The highest BCUT2D eigenvalue weighted by Crippen LogP contribution is 2.27. The SMILES string of the molecule is Oc1ccc2c3c([nH]c2c1)C=CC#CC3. The first-order valence-corrected chi connectivity index (χ1v) is 4.83. The van der Waals surface area contributed by atoms with Crippen LogP contribution < -0.4 is 0 Å². The highest BCUT2D eigenvalue weighted by atomic mass is 16.3. The molecule has 0 amide bonds. The molecule has 2 N–H and O–H groups in total. The van der Waals surface area contributed by atoms with E-state index in [0.717, 1.165) is 23.0 Å². The Morgan fingerprint density at radius 2 is 2.27 bits per heavy atom. The largest absolute Gasteiger partial charge is 0.508 e. The van der Waals surface area contributed by atoms with Gasteiger partial charge in [-0.15, -0.1) is 0 Å².